The Morgan fingerprint density at radius 1 is 1.54 bits per heavy atom. The highest BCUT2D eigenvalue weighted by Gasteiger charge is 2.27. The third-order valence-electron chi connectivity index (χ3n) is 4.04. The van der Waals surface area contributed by atoms with Gasteiger partial charge in [-0.2, -0.15) is 4.98 Å². The molecule has 1 aliphatic rings. The van der Waals surface area contributed by atoms with Gasteiger partial charge in [-0.25, -0.2) is 0 Å². The number of benzene rings is 1. The number of hydrogen-bond donors (Lipinski definition) is 1. The van der Waals surface area contributed by atoms with Gasteiger partial charge in [-0.1, -0.05) is 16.8 Å². The lowest BCUT2D eigenvalue weighted by atomic mass is 10.2. The molecular weight excluding hydrogens is 385 g/mol. The van der Waals surface area contributed by atoms with Crippen molar-refractivity contribution in [3.05, 3.63) is 45.1 Å². The van der Waals surface area contributed by atoms with Gasteiger partial charge in [-0.15, -0.1) is 12.4 Å². The van der Waals surface area contributed by atoms with Gasteiger partial charge >= 0.3 is 5.69 Å². The highest BCUT2D eigenvalue weighted by molar-refractivity contribution is 6.30. The van der Waals surface area contributed by atoms with E-state index in [4.69, 9.17) is 20.9 Å². The van der Waals surface area contributed by atoms with Gasteiger partial charge in [0, 0.05) is 30.7 Å². The molecule has 0 bridgehead atoms. The molecule has 0 amide bonds. The van der Waals surface area contributed by atoms with Crippen LogP contribution in [0.25, 0.3) is 0 Å². The van der Waals surface area contributed by atoms with Crippen LogP contribution < -0.4 is 10.1 Å². The first-order valence-corrected chi connectivity index (χ1v) is 8.18. The largest absolute Gasteiger partial charge is 0.474 e. The first kappa shape index (κ1) is 20.4. The molecule has 1 aromatic carbocycles. The SMILES string of the molecule is CC(Oc1ccc(Cl)cc1[N+](=O)[O-])c1nc(C2CNCCN2C)no1.Cl. The van der Waals surface area contributed by atoms with Crippen molar-refractivity contribution in [2.75, 3.05) is 26.7 Å². The van der Waals surface area contributed by atoms with Crippen molar-refractivity contribution < 1.29 is 14.2 Å². The van der Waals surface area contributed by atoms with Crippen molar-refractivity contribution in [1.29, 1.82) is 0 Å². The predicted octanol–water partition coefficient (Wildman–Crippen LogP) is 2.77. The zero-order valence-electron chi connectivity index (χ0n) is 14.2. The smallest absolute Gasteiger partial charge is 0.312 e. The van der Waals surface area contributed by atoms with E-state index in [0.29, 0.717) is 5.82 Å². The number of nitrogens with one attached hydrogen (secondary N) is 1. The number of rotatable bonds is 5. The van der Waals surface area contributed by atoms with Crippen LogP contribution in [0.15, 0.2) is 22.7 Å². The Bertz CT molecular complexity index is 772. The second-order valence-corrected chi connectivity index (χ2v) is 6.26. The average Bonchev–Trinajstić information content (AvgIpc) is 3.06. The molecule has 11 heteroatoms. The molecule has 9 nitrogen and oxygen atoms in total. The van der Waals surface area contributed by atoms with Crippen LogP contribution in [0.2, 0.25) is 5.02 Å². The Balaban J connectivity index is 0.00000243. The molecule has 1 fully saturated rings. The third-order valence-corrected chi connectivity index (χ3v) is 4.27. The van der Waals surface area contributed by atoms with Crippen LogP contribution in [-0.2, 0) is 0 Å². The second kappa shape index (κ2) is 8.63. The first-order chi connectivity index (χ1) is 12.0. The van der Waals surface area contributed by atoms with Gasteiger partial charge in [0.25, 0.3) is 5.89 Å². The van der Waals surface area contributed by atoms with E-state index in [1.807, 2.05) is 7.05 Å². The van der Waals surface area contributed by atoms with Crippen LogP contribution >= 0.6 is 24.0 Å². The van der Waals surface area contributed by atoms with Crippen molar-refractivity contribution in [3.8, 4) is 5.75 Å². The fraction of sp³-hybridized carbons (Fsp3) is 0.467. The van der Waals surface area contributed by atoms with E-state index in [1.54, 1.807) is 6.92 Å². The van der Waals surface area contributed by atoms with Crippen molar-refractivity contribution in [3.63, 3.8) is 0 Å². The van der Waals surface area contributed by atoms with Crippen LogP contribution in [0, 0.1) is 10.1 Å². The summed E-state index contributed by atoms with van der Waals surface area (Å²) in [6.07, 6.45) is -0.636. The summed E-state index contributed by atoms with van der Waals surface area (Å²) in [4.78, 5) is 17.1. The highest BCUT2D eigenvalue weighted by Crippen LogP contribution is 2.33. The minimum absolute atomic E-state index is 0. The van der Waals surface area contributed by atoms with Gasteiger partial charge in [0.05, 0.1) is 11.0 Å². The maximum absolute atomic E-state index is 11.1. The molecule has 3 rings (SSSR count). The summed E-state index contributed by atoms with van der Waals surface area (Å²) < 4.78 is 10.9. The topological polar surface area (TPSA) is 107 Å². The molecule has 2 heterocycles. The van der Waals surface area contributed by atoms with Gasteiger partial charge in [-0.3, -0.25) is 15.0 Å². The molecule has 2 atom stereocenters. The summed E-state index contributed by atoms with van der Waals surface area (Å²) in [5.41, 5.74) is -0.213. The van der Waals surface area contributed by atoms with Crippen LogP contribution in [0.1, 0.15) is 30.8 Å². The fourth-order valence-corrected chi connectivity index (χ4v) is 2.78. The van der Waals surface area contributed by atoms with Gasteiger partial charge in [-0.05, 0) is 26.1 Å². The minimum atomic E-state index is -0.636. The molecule has 1 saturated heterocycles. The predicted molar refractivity (Wildman–Crippen MR) is 96.9 cm³/mol. The summed E-state index contributed by atoms with van der Waals surface area (Å²) in [5.74, 6) is 0.919. The molecule has 0 saturated carbocycles. The van der Waals surface area contributed by atoms with E-state index in [-0.39, 0.29) is 40.8 Å². The highest BCUT2D eigenvalue weighted by atomic mass is 35.5. The minimum Gasteiger partial charge on any atom is -0.474 e. The number of piperazine rings is 1. The molecule has 2 unspecified atom stereocenters. The Morgan fingerprint density at radius 3 is 3.00 bits per heavy atom. The molecule has 0 radical (unpaired) electrons. The van der Waals surface area contributed by atoms with Crippen molar-refractivity contribution in [2.45, 2.75) is 19.1 Å². The Hall–Kier alpha value is -1.94. The lowest BCUT2D eigenvalue weighted by molar-refractivity contribution is -0.386. The number of likely N-dealkylation sites (N-methyl/N-ethyl adjacent to an activating group) is 1. The zero-order chi connectivity index (χ0) is 18.0. The Kier molecular flexibility index (Phi) is 6.76. The Morgan fingerprint density at radius 2 is 2.31 bits per heavy atom. The lowest BCUT2D eigenvalue weighted by Gasteiger charge is -2.30. The summed E-state index contributed by atoms with van der Waals surface area (Å²) in [5, 5.41) is 18.7. The Labute approximate surface area is 161 Å². The van der Waals surface area contributed by atoms with Crippen molar-refractivity contribution in [2.24, 2.45) is 0 Å². The molecule has 0 spiro atoms. The van der Waals surface area contributed by atoms with E-state index in [9.17, 15) is 10.1 Å². The average molecular weight is 404 g/mol. The number of nitrogens with zero attached hydrogens (tertiary/aromatic N) is 4. The maximum Gasteiger partial charge on any atom is 0.312 e. The lowest BCUT2D eigenvalue weighted by Crippen LogP contribution is -2.44. The van der Waals surface area contributed by atoms with Crippen LogP contribution in [0.3, 0.4) is 0 Å². The monoisotopic (exact) mass is 403 g/mol. The number of ether oxygens (including phenoxy) is 1. The first-order valence-electron chi connectivity index (χ1n) is 7.80. The molecule has 2 aromatic rings. The number of aromatic nitrogens is 2. The van der Waals surface area contributed by atoms with Gasteiger partial charge < -0.3 is 14.6 Å². The van der Waals surface area contributed by atoms with Gasteiger partial charge in [0.2, 0.25) is 0 Å². The molecule has 0 aliphatic carbocycles. The van der Waals surface area contributed by atoms with E-state index < -0.39 is 11.0 Å². The van der Waals surface area contributed by atoms with Crippen LogP contribution in [-0.4, -0.2) is 46.6 Å². The maximum atomic E-state index is 11.1. The number of halogens is 2. The number of hydrogen-bond acceptors (Lipinski definition) is 8. The normalized spacial score (nSPS) is 18.8. The molecule has 142 valence electrons. The summed E-state index contributed by atoms with van der Waals surface area (Å²) in [7, 11) is 2.00. The molecule has 1 aliphatic heterocycles. The van der Waals surface area contributed by atoms with Crippen LogP contribution in [0.5, 0.6) is 5.75 Å². The number of nitro groups is 1. The summed E-state index contributed by atoms with van der Waals surface area (Å²) in [6.45, 7) is 4.22. The zero-order valence-corrected chi connectivity index (χ0v) is 15.8. The van der Waals surface area contributed by atoms with Crippen molar-refractivity contribution in [1.82, 2.24) is 20.4 Å². The summed E-state index contributed by atoms with van der Waals surface area (Å²) in [6, 6.07) is 4.24. The van der Waals surface area contributed by atoms with E-state index in [0.717, 1.165) is 19.6 Å². The standard InChI is InChI=1S/C15H18ClN5O4.ClH/c1-9(24-13-4-3-10(16)7-11(13)21(22)23)15-18-14(19-25-15)12-8-17-5-6-20(12)2;/h3-4,7,9,12,17H,5-6,8H2,1-2H3;1H. The molecule has 1 N–H and O–H groups in total. The van der Waals surface area contributed by atoms with E-state index in [1.165, 1.54) is 18.2 Å². The molecular formula is C15H19Cl2N5O4. The van der Waals surface area contributed by atoms with Crippen molar-refractivity contribution >= 4 is 29.7 Å². The second-order valence-electron chi connectivity index (χ2n) is 5.82. The summed E-state index contributed by atoms with van der Waals surface area (Å²) >= 11 is 5.81. The number of nitro benzene ring substituents is 1. The third kappa shape index (κ3) is 4.42. The molecule has 26 heavy (non-hydrogen) atoms. The van der Waals surface area contributed by atoms with E-state index >= 15 is 0 Å². The van der Waals surface area contributed by atoms with Gasteiger partial charge in [0.15, 0.2) is 17.7 Å². The van der Waals surface area contributed by atoms with E-state index in [2.05, 4.69) is 20.4 Å². The fourth-order valence-electron chi connectivity index (χ4n) is 2.62. The van der Waals surface area contributed by atoms with Crippen LogP contribution in [0.4, 0.5) is 5.69 Å². The van der Waals surface area contributed by atoms with Gasteiger partial charge in [0.1, 0.15) is 0 Å². The quantitative estimate of drug-likeness (QED) is 0.599. The molecule has 1 aromatic heterocycles.